The van der Waals surface area contributed by atoms with Crippen LogP contribution >= 0.6 is 31.9 Å². The first-order valence-corrected chi connectivity index (χ1v) is 4.75. The fourth-order valence-corrected chi connectivity index (χ4v) is 1.94. The number of aliphatic hydroxyl groups is 1. The number of aliphatic hydroxyl groups excluding tert-OH is 1. The predicted molar refractivity (Wildman–Crippen MR) is 45.1 cm³/mol. The summed E-state index contributed by atoms with van der Waals surface area (Å²) < 4.78 is 0.124. The van der Waals surface area contributed by atoms with Gasteiger partial charge in [0.25, 0.3) is 0 Å². The largest absolute Gasteiger partial charge is 0.393 e. The first-order valence-electron chi connectivity index (χ1n) is 3.16. The lowest BCUT2D eigenvalue weighted by molar-refractivity contribution is 0.130. The van der Waals surface area contributed by atoms with Gasteiger partial charge in [0.05, 0.1) is 9.34 Å². The molecule has 0 spiro atoms. The summed E-state index contributed by atoms with van der Waals surface area (Å²) in [5.41, 5.74) is 0. The van der Waals surface area contributed by atoms with Crippen LogP contribution in [0.1, 0.15) is 25.7 Å². The Balaban J connectivity index is 2.35. The standard InChI is InChI=1S/C6H10Br2O/c7-6(8)3-1-5(9)2-4-6/h5,9H,1-4H2. The number of hydrogen-bond acceptors (Lipinski definition) is 1. The maximum absolute atomic E-state index is 9.10. The van der Waals surface area contributed by atoms with Crippen LogP contribution in [0, 0.1) is 0 Å². The van der Waals surface area contributed by atoms with E-state index in [9.17, 15) is 0 Å². The van der Waals surface area contributed by atoms with E-state index in [2.05, 4.69) is 31.9 Å². The van der Waals surface area contributed by atoms with Crippen LogP contribution in [0.15, 0.2) is 0 Å². The molecule has 0 radical (unpaired) electrons. The van der Waals surface area contributed by atoms with Crippen LogP contribution in [0.25, 0.3) is 0 Å². The molecule has 3 heteroatoms. The highest BCUT2D eigenvalue weighted by atomic mass is 79.9. The molecule has 1 N–H and O–H groups in total. The molecule has 1 nitrogen and oxygen atoms in total. The maximum Gasteiger partial charge on any atom is 0.0807 e. The predicted octanol–water partition coefficient (Wildman–Crippen LogP) is 2.41. The molecule has 0 amide bonds. The Kier molecular flexibility index (Phi) is 2.57. The number of rotatable bonds is 0. The lowest BCUT2D eigenvalue weighted by atomic mass is 9.98. The zero-order valence-electron chi connectivity index (χ0n) is 5.11. The highest BCUT2D eigenvalue weighted by Crippen LogP contribution is 2.40. The van der Waals surface area contributed by atoms with Gasteiger partial charge in [0, 0.05) is 0 Å². The molecule has 0 aromatic heterocycles. The van der Waals surface area contributed by atoms with E-state index in [4.69, 9.17) is 5.11 Å². The molecule has 0 saturated heterocycles. The van der Waals surface area contributed by atoms with E-state index in [-0.39, 0.29) is 9.34 Å². The minimum atomic E-state index is -0.0618. The topological polar surface area (TPSA) is 20.2 Å². The van der Waals surface area contributed by atoms with Crippen molar-refractivity contribution in [2.24, 2.45) is 0 Å². The smallest absolute Gasteiger partial charge is 0.0807 e. The van der Waals surface area contributed by atoms with Crippen LogP contribution in [-0.2, 0) is 0 Å². The van der Waals surface area contributed by atoms with Crippen LogP contribution in [0.4, 0.5) is 0 Å². The summed E-state index contributed by atoms with van der Waals surface area (Å²) >= 11 is 7.05. The summed E-state index contributed by atoms with van der Waals surface area (Å²) in [6.45, 7) is 0. The molecule has 1 saturated carbocycles. The van der Waals surface area contributed by atoms with Crippen molar-refractivity contribution < 1.29 is 5.11 Å². The summed E-state index contributed by atoms with van der Waals surface area (Å²) in [4.78, 5) is 0. The molecule has 9 heavy (non-hydrogen) atoms. The Morgan fingerprint density at radius 2 is 1.67 bits per heavy atom. The zero-order chi connectivity index (χ0) is 6.91. The Bertz CT molecular complexity index is 93.2. The van der Waals surface area contributed by atoms with Gasteiger partial charge in [-0.25, -0.2) is 0 Å². The Labute approximate surface area is 72.1 Å². The van der Waals surface area contributed by atoms with Gasteiger partial charge in [-0.3, -0.25) is 0 Å². The monoisotopic (exact) mass is 256 g/mol. The van der Waals surface area contributed by atoms with Gasteiger partial charge in [0.2, 0.25) is 0 Å². The fourth-order valence-electron chi connectivity index (χ4n) is 1.02. The summed E-state index contributed by atoms with van der Waals surface area (Å²) in [5, 5.41) is 9.10. The molecule has 1 aliphatic carbocycles. The molecule has 0 unspecified atom stereocenters. The van der Waals surface area contributed by atoms with E-state index in [1.807, 2.05) is 0 Å². The van der Waals surface area contributed by atoms with Gasteiger partial charge >= 0.3 is 0 Å². The van der Waals surface area contributed by atoms with Crippen molar-refractivity contribution in [2.75, 3.05) is 0 Å². The van der Waals surface area contributed by atoms with Gasteiger partial charge < -0.3 is 5.11 Å². The van der Waals surface area contributed by atoms with E-state index < -0.39 is 0 Å². The number of hydrogen-bond donors (Lipinski definition) is 1. The van der Waals surface area contributed by atoms with Crippen molar-refractivity contribution >= 4 is 31.9 Å². The molecule has 54 valence electrons. The van der Waals surface area contributed by atoms with Crippen molar-refractivity contribution in [1.29, 1.82) is 0 Å². The Morgan fingerprint density at radius 1 is 1.22 bits per heavy atom. The number of alkyl halides is 2. The van der Waals surface area contributed by atoms with Crippen LogP contribution in [0.5, 0.6) is 0 Å². The molecule has 1 fully saturated rings. The average Bonchev–Trinajstić information content (AvgIpc) is 1.78. The molecule has 0 aliphatic heterocycles. The normalized spacial score (nSPS) is 28.3. The third kappa shape index (κ3) is 2.56. The highest BCUT2D eigenvalue weighted by Gasteiger charge is 2.28. The summed E-state index contributed by atoms with van der Waals surface area (Å²) in [7, 11) is 0. The molecular formula is C6H10Br2O. The summed E-state index contributed by atoms with van der Waals surface area (Å²) in [5.74, 6) is 0. The third-order valence-electron chi connectivity index (χ3n) is 1.69. The molecule has 1 aliphatic rings. The van der Waals surface area contributed by atoms with Crippen molar-refractivity contribution in [2.45, 2.75) is 35.0 Å². The summed E-state index contributed by atoms with van der Waals surface area (Å²) in [6, 6.07) is 0. The molecule has 0 aromatic carbocycles. The lowest BCUT2D eigenvalue weighted by Gasteiger charge is -2.28. The second kappa shape index (κ2) is 2.89. The minimum absolute atomic E-state index is 0.0618. The van der Waals surface area contributed by atoms with Gasteiger partial charge in [-0.1, -0.05) is 31.9 Å². The zero-order valence-corrected chi connectivity index (χ0v) is 8.28. The van der Waals surface area contributed by atoms with Gasteiger partial charge in [-0.2, -0.15) is 0 Å². The van der Waals surface area contributed by atoms with Gasteiger partial charge in [-0.05, 0) is 25.7 Å². The van der Waals surface area contributed by atoms with Crippen LogP contribution in [0.2, 0.25) is 0 Å². The molecule has 0 atom stereocenters. The van der Waals surface area contributed by atoms with Crippen LogP contribution < -0.4 is 0 Å². The first-order chi connectivity index (χ1) is 4.10. The van der Waals surface area contributed by atoms with Crippen LogP contribution in [0.3, 0.4) is 0 Å². The quantitative estimate of drug-likeness (QED) is 0.661. The van der Waals surface area contributed by atoms with Crippen molar-refractivity contribution in [1.82, 2.24) is 0 Å². The molecule has 1 rings (SSSR count). The molecule has 0 aromatic rings. The van der Waals surface area contributed by atoms with E-state index in [1.165, 1.54) is 0 Å². The fraction of sp³-hybridized carbons (Fsp3) is 1.00. The average molecular weight is 258 g/mol. The maximum atomic E-state index is 9.10. The number of halogens is 2. The molecule has 0 bridgehead atoms. The Hall–Kier alpha value is 0.920. The van der Waals surface area contributed by atoms with E-state index in [0.717, 1.165) is 25.7 Å². The molecule has 0 heterocycles. The minimum Gasteiger partial charge on any atom is -0.393 e. The van der Waals surface area contributed by atoms with Crippen molar-refractivity contribution in [3.05, 3.63) is 0 Å². The second-order valence-electron chi connectivity index (χ2n) is 2.59. The van der Waals surface area contributed by atoms with Crippen LogP contribution in [-0.4, -0.2) is 14.4 Å². The SMILES string of the molecule is OC1CCC(Br)(Br)CC1. The van der Waals surface area contributed by atoms with Crippen molar-refractivity contribution in [3.63, 3.8) is 0 Å². The van der Waals surface area contributed by atoms with Gasteiger partial charge in [0.1, 0.15) is 0 Å². The lowest BCUT2D eigenvalue weighted by Crippen LogP contribution is -2.24. The van der Waals surface area contributed by atoms with E-state index in [1.54, 1.807) is 0 Å². The van der Waals surface area contributed by atoms with Gasteiger partial charge in [-0.15, -0.1) is 0 Å². The Morgan fingerprint density at radius 3 is 2.00 bits per heavy atom. The first kappa shape index (κ1) is 8.02. The summed E-state index contributed by atoms with van der Waals surface area (Å²) in [6.07, 6.45) is 3.81. The van der Waals surface area contributed by atoms with E-state index in [0.29, 0.717) is 0 Å². The van der Waals surface area contributed by atoms with Gasteiger partial charge in [0.15, 0.2) is 0 Å². The van der Waals surface area contributed by atoms with E-state index >= 15 is 0 Å². The highest BCUT2D eigenvalue weighted by molar-refractivity contribution is 9.25. The molecular weight excluding hydrogens is 248 g/mol. The second-order valence-corrected chi connectivity index (χ2v) is 6.69. The third-order valence-corrected chi connectivity index (χ3v) is 3.27. The van der Waals surface area contributed by atoms with Crippen molar-refractivity contribution in [3.8, 4) is 0 Å².